The van der Waals surface area contributed by atoms with Crippen LogP contribution < -0.4 is 5.32 Å². The van der Waals surface area contributed by atoms with Crippen LogP contribution >= 0.6 is 0 Å². The van der Waals surface area contributed by atoms with Crippen LogP contribution in [0.3, 0.4) is 0 Å². The molecule has 0 unspecified atom stereocenters. The van der Waals surface area contributed by atoms with Gasteiger partial charge in [0.25, 0.3) is 5.91 Å². The van der Waals surface area contributed by atoms with E-state index in [4.69, 9.17) is 0 Å². The van der Waals surface area contributed by atoms with Crippen molar-refractivity contribution in [3.05, 3.63) is 17.7 Å². The molecule has 14 heavy (non-hydrogen) atoms. The van der Waals surface area contributed by atoms with Gasteiger partial charge in [0.05, 0.1) is 13.3 Å². The summed E-state index contributed by atoms with van der Waals surface area (Å²) in [5.74, 6) is -0.554. The van der Waals surface area contributed by atoms with Gasteiger partial charge in [-0.25, -0.2) is 9.78 Å². The van der Waals surface area contributed by atoms with Gasteiger partial charge in [-0.1, -0.05) is 0 Å². The Kier molecular flexibility index (Phi) is 1.95. The van der Waals surface area contributed by atoms with Crippen molar-refractivity contribution in [1.29, 1.82) is 0 Å². The number of hydrogen-bond donors (Lipinski definition) is 1. The SMILES string of the molecule is COC(=O)c1ncc2n1CCNC2=O. The van der Waals surface area contributed by atoms with Crippen LogP contribution in [0.1, 0.15) is 21.1 Å². The van der Waals surface area contributed by atoms with Crippen LogP contribution in [0.5, 0.6) is 0 Å². The zero-order chi connectivity index (χ0) is 10.1. The van der Waals surface area contributed by atoms with Crippen molar-refractivity contribution in [2.24, 2.45) is 0 Å². The highest BCUT2D eigenvalue weighted by atomic mass is 16.5. The van der Waals surface area contributed by atoms with Crippen molar-refractivity contribution < 1.29 is 14.3 Å². The Balaban J connectivity index is 2.45. The molecular formula is C8H9N3O3. The van der Waals surface area contributed by atoms with E-state index in [0.717, 1.165) is 0 Å². The Hall–Kier alpha value is -1.85. The molecule has 0 fully saturated rings. The van der Waals surface area contributed by atoms with Crippen molar-refractivity contribution in [2.45, 2.75) is 6.54 Å². The van der Waals surface area contributed by atoms with Crippen molar-refractivity contribution in [3.63, 3.8) is 0 Å². The molecule has 0 spiro atoms. The third-order valence-electron chi connectivity index (χ3n) is 2.08. The molecule has 0 aliphatic carbocycles. The molecule has 1 N–H and O–H groups in total. The first-order valence-corrected chi connectivity index (χ1v) is 4.16. The summed E-state index contributed by atoms with van der Waals surface area (Å²) in [7, 11) is 1.28. The lowest BCUT2D eigenvalue weighted by Gasteiger charge is -2.15. The van der Waals surface area contributed by atoms with E-state index in [1.54, 1.807) is 4.57 Å². The Morgan fingerprint density at radius 3 is 3.21 bits per heavy atom. The van der Waals surface area contributed by atoms with Crippen LogP contribution in [0.25, 0.3) is 0 Å². The number of methoxy groups -OCH3 is 1. The van der Waals surface area contributed by atoms with E-state index in [0.29, 0.717) is 18.8 Å². The lowest BCUT2D eigenvalue weighted by Crippen LogP contribution is -2.36. The van der Waals surface area contributed by atoms with E-state index in [2.05, 4.69) is 15.0 Å². The topological polar surface area (TPSA) is 73.2 Å². The number of rotatable bonds is 1. The van der Waals surface area contributed by atoms with Crippen LogP contribution in [-0.2, 0) is 11.3 Å². The Labute approximate surface area is 79.9 Å². The highest BCUT2D eigenvalue weighted by molar-refractivity contribution is 5.95. The maximum atomic E-state index is 11.3. The van der Waals surface area contributed by atoms with Gasteiger partial charge in [0.2, 0.25) is 5.82 Å². The van der Waals surface area contributed by atoms with Gasteiger partial charge in [0.1, 0.15) is 5.69 Å². The Morgan fingerprint density at radius 1 is 1.71 bits per heavy atom. The number of nitrogens with one attached hydrogen (secondary N) is 1. The number of fused-ring (bicyclic) bond motifs is 1. The monoisotopic (exact) mass is 195 g/mol. The minimum absolute atomic E-state index is 0.178. The van der Waals surface area contributed by atoms with Crippen LogP contribution in [0, 0.1) is 0 Å². The number of hydrogen-bond acceptors (Lipinski definition) is 4. The summed E-state index contributed by atoms with van der Waals surface area (Å²) in [4.78, 5) is 26.3. The third-order valence-corrected chi connectivity index (χ3v) is 2.08. The minimum Gasteiger partial charge on any atom is -0.463 e. The molecule has 1 aromatic rings. The van der Waals surface area contributed by atoms with Gasteiger partial charge in [-0.05, 0) is 0 Å². The van der Waals surface area contributed by atoms with Gasteiger partial charge in [-0.15, -0.1) is 0 Å². The summed E-state index contributed by atoms with van der Waals surface area (Å²) in [6.07, 6.45) is 1.38. The van der Waals surface area contributed by atoms with Crippen molar-refractivity contribution >= 4 is 11.9 Å². The van der Waals surface area contributed by atoms with Gasteiger partial charge in [-0.3, -0.25) is 4.79 Å². The van der Waals surface area contributed by atoms with Crippen LogP contribution in [0.4, 0.5) is 0 Å². The van der Waals surface area contributed by atoms with Crippen molar-refractivity contribution in [1.82, 2.24) is 14.9 Å². The molecule has 1 aromatic heterocycles. The average Bonchev–Trinajstić information content (AvgIpc) is 2.62. The van der Waals surface area contributed by atoms with E-state index in [9.17, 15) is 9.59 Å². The van der Waals surface area contributed by atoms with Gasteiger partial charge < -0.3 is 14.6 Å². The summed E-state index contributed by atoms with van der Waals surface area (Å²) in [6, 6.07) is 0. The van der Waals surface area contributed by atoms with Gasteiger partial charge in [-0.2, -0.15) is 0 Å². The van der Waals surface area contributed by atoms with Crippen LogP contribution in [0.15, 0.2) is 6.20 Å². The molecule has 1 aliphatic rings. The summed E-state index contributed by atoms with van der Waals surface area (Å²) in [6.45, 7) is 1.05. The minimum atomic E-state index is -0.522. The molecule has 0 saturated carbocycles. The number of carbonyl (C=O) groups excluding carboxylic acids is 2. The molecule has 0 atom stereocenters. The second-order valence-corrected chi connectivity index (χ2v) is 2.87. The maximum Gasteiger partial charge on any atom is 0.374 e. The number of esters is 1. The molecule has 0 aromatic carbocycles. The number of carbonyl (C=O) groups is 2. The molecule has 0 saturated heterocycles. The first-order valence-electron chi connectivity index (χ1n) is 4.16. The fraction of sp³-hybridized carbons (Fsp3) is 0.375. The van der Waals surface area contributed by atoms with Gasteiger partial charge in [0.15, 0.2) is 0 Å². The predicted molar refractivity (Wildman–Crippen MR) is 45.9 cm³/mol. The fourth-order valence-corrected chi connectivity index (χ4v) is 1.41. The van der Waals surface area contributed by atoms with Crippen LogP contribution in [0.2, 0.25) is 0 Å². The summed E-state index contributed by atoms with van der Waals surface area (Å²) >= 11 is 0. The number of imidazole rings is 1. The Bertz CT molecular complexity index is 397. The predicted octanol–water partition coefficient (Wildman–Crippen LogP) is -0.587. The smallest absolute Gasteiger partial charge is 0.374 e. The number of nitrogens with zero attached hydrogens (tertiary/aromatic N) is 2. The second kappa shape index (κ2) is 3.13. The Morgan fingerprint density at radius 2 is 2.50 bits per heavy atom. The third kappa shape index (κ3) is 1.15. The van der Waals surface area contributed by atoms with Crippen molar-refractivity contribution in [3.8, 4) is 0 Å². The molecule has 1 aliphatic heterocycles. The van der Waals surface area contributed by atoms with E-state index in [1.165, 1.54) is 13.3 Å². The quantitative estimate of drug-likeness (QED) is 0.608. The van der Waals surface area contributed by atoms with Gasteiger partial charge in [0, 0.05) is 13.1 Å². The molecule has 0 radical (unpaired) electrons. The molecule has 6 nitrogen and oxygen atoms in total. The zero-order valence-electron chi connectivity index (χ0n) is 7.61. The van der Waals surface area contributed by atoms with E-state index < -0.39 is 5.97 Å². The zero-order valence-corrected chi connectivity index (χ0v) is 7.61. The van der Waals surface area contributed by atoms with Gasteiger partial charge >= 0.3 is 5.97 Å². The number of ether oxygens (including phenoxy) is 1. The van der Waals surface area contributed by atoms with E-state index in [-0.39, 0.29) is 11.7 Å². The standard InChI is InChI=1S/C8H9N3O3/c1-14-8(13)6-10-4-5-7(12)9-2-3-11(5)6/h4H,2-3H2,1H3,(H,9,12). The number of aromatic nitrogens is 2. The van der Waals surface area contributed by atoms with Crippen molar-refractivity contribution in [2.75, 3.05) is 13.7 Å². The average molecular weight is 195 g/mol. The molecule has 2 heterocycles. The molecule has 1 amide bonds. The lowest BCUT2D eigenvalue weighted by molar-refractivity contribution is 0.0580. The largest absolute Gasteiger partial charge is 0.463 e. The molecule has 74 valence electrons. The summed E-state index contributed by atoms with van der Waals surface area (Å²) in [5, 5.41) is 2.66. The highest BCUT2D eigenvalue weighted by Crippen LogP contribution is 2.09. The first-order chi connectivity index (χ1) is 6.74. The van der Waals surface area contributed by atoms with E-state index >= 15 is 0 Å². The molecule has 0 bridgehead atoms. The van der Waals surface area contributed by atoms with E-state index in [1.807, 2.05) is 0 Å². The summed E-state index contributed by atoms with van der Waals surface area (Å²) < 4.78 is 6.10. The molecular weight excluding hydrogens is 186 g/mol. The fourth-order valence-electron chi connectivity index (χ4n) is 1.41. The normalized spacial score (nSPS) is 14.5. The summed E-state index contributed by atoms with van der Waals surface area (Å²) in [5.41, 5.74) is 0.400. The molecule has 6 heteroatoms. The lowest BCUT2D eigenvalue weighted by atomic mass is 10.3. The maximum absolute atomic E-state index is 11.3. The first kappa shape index (κ1) is 8.74. The molecule has 2 rings (SSSR count). The highest BCUT2D eigenvalue weighted by Gasteiger charge is 2.23. The van der Waals surface area contributed by atoms with Crippen LogP contribution in [-0.4, -0.2) is 35.1 Å². The number of amides is 1. The second-order valence-electron chi connectivity index (χ2n) is 2.87.